The van der Waals surface area contributed by atoms with Gasteiger partial charge in [-0.25, -0.2) is 0 Å². The lowest BCUT2D eigenvalue weighted by Gasteiger charge is -2.13. The van der Waals surface area contributed by atoms with Crippen molar-refractivity contribution in [2.45, 2.75) is 26.7 Å². The maximum Gasteiger partial charge on any atom is 0.170 e. The van der Waals surface area contributed by atoms with Crippen LogP contribution in [0.15, 0.2) is 18.2 Å². The first-order valence-electron chi connectivity index (χ1n) is 6.57. The summed E-state index contributed by atoms with van der Waals surface area (Å²) in [4.78, 5) is 0. The lowest BCUT2D eigenvalue weighted by molar-refractivity contribution is 0.311. The van der Waals surface area contributed by atoms with Gasteiger partial charge in [0, 0.05) is 18.3 Å². The highest BCUT2D eigenvalue weighted by molar-refractivity contribution is 7.80. The zero-order chi connectivity index (χ0) is 14.1. The Bertz CT molecular complexity index is 410. The van der Waals surface area contributed by atoms with Crippen molar-refractivity contribution in [1.82, 2.24) is 5.32 Å². The third-order valence-corrected chi connectivity index (χ3v) is 2.78. The number of nitrogens with one attached hydrogen (secondary N) is 2. The van der Waals surface area contributed by atoms with E-state index in [9.17, 15) is 0 Å². The van der Waals surface area contributed by atoms with Crippen LogP contribution in [-0.4, -0.2) is 25.4 Å². The Hall–Kier alpha value is -1.49. The van der Waals surface area contributed by atoms with Crippen LogP contribution in [0.25, 0.3) is 0 Å². The van der Waals surface area contributed by atoms with Gasteiger partial charge in [0.05, 0.1) is 13.7 Å². The van der Waals surface area contributed by atoms with E-state index in [1.807, 2.05) is 25.1 Å². The molecule has 0 aliphatic carbocycles. The van der Waals surface area contributed by atoms with E-state index >= 15 is 0 Å². The van der Waals surface area contributed by atoms with Crippen molar-refractivity contribution in [3.05, 3.63) is 18.2 Å². The molecule has 0 aliphatic heterocycles. The van der Waals surface area contributed by atoms with E-state index in [4.69, 9.17) is 21.7 Å². The highest BCUT2D eigenvalue weighted by atomic mass is 32.1. The van der Waals surface area contributed by atoms with Gasteiger partial charge in [-0.05, 0) is 37.7 Å². The lowest BCUT2D eigenvalue weighted by Crippen LogP contribution is -2.29. The maximum atomic E-state index is 5.47. The Morgan fingerprint density at radius 3 is 2.68 bits per heavy atom. The highest BCUT2D eigenvalue weighted by Gasteiger charge is 2.06. The molecule has 0 amide bonds. The molecule has 5 heteroatoms. The molecule has 1 rings (SSSR count). The summed E-state index contributed by atoms with van der Waals surface area (Å²) >= 11 is 5.22. The summed E-state index contributed by atoms with van der Waals surface area (Å²) in [6.45, 7) is 5.59. The molecular formula is C14H22N2O2S. The van der Waals surface area contributed by atoms with Crippen LogP contribution in [0.5, 0.6) is 11.5 Å². The number of hydrogen-bond donors (Lipinski definition) is 2. The minimum absolute atomic E-state index is 0.611. The predicted octanol–water partition coefficient (Wildman–Crippen LogP) is 3.18. The van der Waals surface area contributed by atoms with Crippen molar-refractivity contribution < 1.29 is 9.47 Å². The summed E-state index contributed by atoms with van der Waals surface area (Å²) in [6, 6.07) is 5.67. The molecular weight excluding hydrogens is 260 g/mol. The average Bonchev–Trinajstić information content (AvgIpc) is 2.41. The van der Waals surface area contributed by atoms with Gasteiger partial charge in [-0.1, -0.05) is 13.3 Å². The molecule has 2 N–H and O–H groups in total. The van der Waals surface area contributed by atoms with E-state index in [0.29, 0.717) is 17.5 Å². The molecule has 0 bridgehead atoms. The van der Waals surface area contributed by atoms with Crippen LogP contribution in [0.3, 0.4) is 0 Å². The summed E-state index contributed by atoms with van der Waals surface area (Å²) in [7, 11) is 1.62. The Morgan fingerprint density at radius 1 is 1.26 bits per heavy atom. The molecule has 0 spiro atoms. The minimum Gasteiger partial charge on any atom is -0.493 e. The number of hydrogen-bond acceptors (Lipinski definition) is 3. The summed E-state index contributed by atoms with van der Waals surface area (Å²) < 4.78 is 10.8. The molecule has 0 unspecified atom stereocenters. The van der Waals surface area contributed by atoms with Crippen LogP contribution in [0.2, 0.25) is 0 Å². The van der Waals surface area contributed by atoms with Crippen LogP contribution in [0.4, 0.5) is 5.69 Å². The second-order valence-corrected chi connectivity index (χ2v) is 4.44. The second-order valence-electron chi connectivity index (χ2n) is 4.03. The number of rotatable bonds is 7. The zero-order valence-electron chi connectivity index (χ0n) is 11.8. The number of thiocarbonyl (C=S) groups is 1. The molecule has 0 fully saturated rings. The SMILES string of the molecule is CCCCNC(=S)Nc1ccc(OCC)c(OC)c1. The molecule has 0 heterocycles. The molecule has 0 saturated heterocycles. The van der Waals surface area contributed by atoms with Gasteiger partial charge >= 0.3 is 0 Å². The van der Waals surface area contributed by atoms with Gasteiger partial charge in [0.25, 0.3) is 0 Å². The van der Waals surface area contributed by atoms with Crippen LogP contribution < -0.4 is 20.1 Å². The molecule has 4 nitrogen and oxygen atoms in total. The van der Waals surface area contributed by atoms with Crippen molar-refractivity contribution in [1.29, 1.82) is 0 Å². The van der Waals surface area contributed by atoms with E-state index in [1.165, 1.54) is 0 Å². The maximum absolute atomic E-state index is 5.47. The monoisotopic (exact) mass is 282 g/mol. The fourth-order valence-corrected chi connectivity index (χ4v) is 1.79. The van der Waals surface area contributed by atoms with Crippen LogP contribution in [0, 0.1) is 0 Å². The fourth-order valence-electron chi connectivity index (χ4n) is 1.57. The van der Waals surface area contributed by atoms with Crippen LogP contribution in [0.1, 0.15) is 26.7 Å². The first kappa shape index (κ1) is 15.6. The summed E-state index contributed by atoms with van der Waals surface area (Å²) in [5, 5.41) is 6.91. The van der Waals surface area contributed by atoms with Crippen molar-refractivity contribution in [2.75, 3.05) is 25.6 Å². The fraction of sp³-hybridized carbons (Fsp3) is 0.500. The molecule has 1 aromatic carbocycles. The largest absolute Gasteiger partial charge is 0.493 e. The Labute approximate surface area is 120 Å². The third kappa shape index (κ3) is 5.34. The molecule has 1 aromatic rings. The molecule has 0 aromatic heterocycles. The zero-order valence-corrected chi connectivity index (χ0v) is 12.6. The number of benzene rings is 1. The quantitative estimate of drug-likeness (QED) is 0.594. The average molecular weight is 282 g/mol. The van der Waals surface area contributed by atoms with Gasteiger partial charge < -0.3 is 20.1 Å². The third-order valence-electron chi connectivity index (χ3n) is 2.54. The smallest absolute Gasteiger partial charge is 0.170 e. The van der Waals surface area contributed by atoms with Gasteiger partial charge in [0.1, 0.15) is 0 Å². The van der Waals surface area contributed by atoms with Gasteiger partial charge in [-0.15, -0.1) is 0 Å². The van der Waals surface area contributed by atoms with E-state index in [0.717, 1.165) is 30.8 Å². The summed E-state index contributed by atoms with van der Waals surface area (Å²) in [6.07, 6.45) is 2.25. The first-order valence-corrected chi connectivity index (χ1v) is 6.97. The second kappa shape index (κ2) is 8.58. The van der Waals surface area contributed by atoms with Gasteiger partial charge in [0.2, 0.25) is 0 Å². The molecule has 0 atom stereocenters. The minimum atomic E-state index is 0.611. The van der Waals surface area contributed by atoms with Gasteiger partial charge in [0.15, 0.2) is 16.6 Å². The van der Waals surface area contributed by atoms with Crippen molar-refractivity contribution in [3.8, 4) is 11.5 Å². The highest BCUT2D eigenvalue weighted by Crippen LogP contribution is 2.30. The van der Waals surface area contributed by atoms with Crippen molar-refractivity contribution in [3.63, 3.8) is 0 Å². The molecule has 0 aliphatic rings. The van der Waals surface area contributed by atoms with E-state index in [2.05, 4.69) is 17.6 Å². The first-order chi connectivity index (χ1) is 9.21. The standard InChI is InChI=1S/C14H22N2O2S/c1-4-6-9-15-14(19)16-11-7-8-12(18-5-2)13(10-11)17-3/h7-8,10H,4-6,9H2,1-3H3,(H2,15,16,19). The molecule has 0 radical (unpaired) electrons. The van der Waals surface area contributed by atoms with Crippen molar-refractivity contribution >= 4 is 23.0 Å². The molecule has 0 saturated carbocycles. The number of ether oxygens (including phenoxy) is 2. The Morgan fingerprint density at radius 2 is 2.05 bits per heavy atom. The number of methoxy groups -OCH3 is 1. The van der Waals surface area contributed by atoms with Crippen LogP contribution in [-0.2, 0) is 0 Å². The molecule has 19 heavy (non-hydrogen) atoms. The summed E-state index contributed by atoms with van der Waals surface area (Å²) in [5.74, 6) is 1.43. The number of anilines is 1. The van der Waals surface area contributed by atoms with E-state index in [1.54, 1.807) is 7.11 Å². The Balaban J connectivity index is 2.61. The summed E-state index contributed by atoms with van der Waals surface area (Å²) in [5.41, 5.74) is 0.884. The Kier molecular flexibility index (Phi) is 7.03. The topological polar surface area (TPSA) is 42.5 Å². The van der Waals surface area contributed by atoms with E-state index < -0.39 is 0 Å². The number of unbranched alkanes of at least 4 members (excludes halogenated alkanes) is 1. The van der Waals surface area contributed by atoms with E-state index in [-0.39, 0.29) is 0 Å². The predicted molar refractivity (Wildman–Crippen MR) is 83.3 cm³/mol. The van der Waals surface area contributed by atoms with Crippen molar-refractivity contribution in [2.24, 2.45) is 0 Å². The normalized spacial score (nSPS) is 9.84. The molecule has 106 valence electrons. The lowest BCUT2D eigenvalue weighted by atomic mass is 10.2. The van der Waals surface area contributed by atoms with Crippen LogP contribution >= 0.6 is 12.2 Å². The van der Waals surface area contributed by atoms with Gasteiger partial charge in [-0.3, -0.25) is 0 Å². The van der Waals surface area contributed by atoms with Gasteiger partial charge in [-0.2, -0.15) is 0 Å².